The number of rotatable bonds is 3. The highest BCUT2D eigenvalue weighted by Gasteiger charge is 2.60. The number of para-hydroxylation sites is 1. The minimum atomic E-state index is -1.13. The first kappa shape index (κ1) is 18.7. The van der Waals surface area contributed by atoms with Crippen LogP contribution in [0.25, 0.3) is 6.08 Å². The minimum Gasteiger partial charge on any atom is -0.493 e. The number of fused-ring (bicyclic) bond motifs is 2. The molecule has 0 bridgehead atoms. The first-order valence-electron chi connectivity index (χ1n) is 8.91. The predicted molar refractivity (Wildman–Crippen MR) is 107 cm³/mol. The molecular weight excluding hydrogens is 378 g/mol. The number of anilines is 1. The van der Waals surface area contributed by atoms with Crippen LogP contribution in [0.1, 0.15) is 25.0 Å². The molecule has 0 radical (unpaired) electrons. The Balaban J connectivity index is 1.96. The highest BCUT2D eigenvalue weighted by molar-refractivity contribution is 5.81. The largest absolute Gasteiger partial charge is 0.493 e. The lowest BCUT2D eigenvalue weighted by Crippen LogP contribution is -2.58. The normalized spacial score (nSPS) is 20.8. The van der Waals surface area contributed by atoms with Gasteiger partial charge in [0.15, 0.2) is 11.5 Å². The molecule has 4 rings (SSSR count). The van der Waals surface area contributed by atoms with Crippen LogP contribution in [0.5, 0.6) is 11.5 Å². The Hall–Kier alpha value is -3.62. The maximum atomic E-state index is 11.6. The van der Waals surface area contributed by atoms with Crippen molar-refractivity contribution in [1.29, 1.82) is 0 Å². The zero-order valence-electron chi connectivity index (χ0n) is 16.3. The molecule has 0 N–H and O–H groups in total. The topological polar surface area (TPSA) is 108 Å². The fraction of sp³-hybridized carbons (Fsp3) is 0.300. The van der Waals surface area contributed by atoms with E-state index in [1.807, 2.05) is 19.9 Å². The molecule has 9 heteroatoms. The minimum absolute atomic E-state index is 0.0243. The van der Waals surface area contributed by atoms with Gasteiger partial charge in [0.25, 0.3) is 11.4 Å². The maximum Gasteiger partial charge on any atom is 0.292 e. The number of hydrogen-bond donors (Lipinski definition) is 0. The first-order valence-corrected chi connectivity index (χ1v) is 8.91. The number of ether oxygens (including phenoxy) is 2. The Morgan fingerprint density at radius 2 is 1.76 bits per heavy atom. The molecule has 0 aromatic heterocycles. The third kappa shape index (κ3) is 2.27. The van der Waals surface area contributed by atoms with Crippen LogP contribution in [0, 0.1) is 20.2 Å². The second kappa shape index (κ2) is 5.94. The summed E-state index contributed by atoms with van der Waals surface area (Å²) in [6, 6.07) is 7.80. The van der Waals surface area contributed by atoms with Gasteiger partial charge in [-0.2, -0.15) is 0 Å². The Morgan fingerprint density at radius 3 is 2.38 bits per heavy atom. The molecule has 2 aliphatic heterocycles. The summed E-state index contributed by atoms with van der Waals surface area (Å²) in [5, 5.41) is 23.1. The van der Waals surface area contributed by atoms with Crippen LogP contribution >= 0.6 is 0 Å². The van der Waals surface area contributed by atoms with E-state index in [1.54, 1.807) is 30.2 Å². The molecule has 29 heavy (non-hydrogen) atoms. The van der Waals surface area contributed by atoms with Crippen LogP contribution in [0.3, 0.4) is 0 Å². The first-order chi connectivity index (χ1) is 13.7. The van der Waals surface area contributed by atoms with Crippen molar-refractivity contribution in [3.8, 4) is 11.5 Å². The van der Waals surface area contributed by atoms with Crippen molar-refractivity contribution in [2.75, 3.05) is 19.1 Å². The zero-order valence-corrected chi connectivity index (χ0v) is 16.3. The summed E-state index contributed by atoms with van der Waals surface area (Å²) in [6.45, 7) is 3.86. The Bertz CT molecular complexity index is 1090. The molecule has 0 fully saturated rings. The maximum absolute atomic E-state index is 11.6. The van der Waals surface area contributed by atoms with E-state index < -0.39 is 21.0 Å². The molecule has 150 valence electrons. The molecule has 2 aromatic carbocycles. The number of nitro benzene ring substituents is 2. The van der Waals surface area contributed by atoms with Crippen molar-refractivity contribution < 1.29 is 19.3 Å². The van der Waals surface area contributed by atoms with E-state index in [-0.39, 0.29) is 17.1 Å². The molecule has 0 saturated carbocycles. The monoisotopic (exact) mass is 397 g/mol. The van der Waals surface area contributed by atoms with Gasteiger partial charge in [0, 0.05) is 19.2 Å². The van der Waals surface area contributed by atoms with Gasteiger partial charge in [-0.3, -0.25) is 20.2 Å². The molecule has 2 aromatic rings. The standard InChI is InChI=1S/C20H19N3O6/c1-19(2)13-6-5-7-15(23(26)27)17(13)21(3)20(19)11-10-12-14(22(24)25)8-9-16(28-4)18(12)29-20/h5-11H,1-4H3. The smallest absolute Gasteiger partial charge is 0.292 e. The highest BCUT2D eigenvalue weighted by Crippen LogP contribution is 2.58. The number of nitrogens with zero attached hydrogens (tertiary/aromatic N) is 3. The lowest BCUT2D eigenvalue weighted by atomic mass is 9.76. The number of nitro groups is 2. The lowest BCUT2D eigenvalue weighted by Gasteiger charge is -2.45. The van der Waals surface area contributed by atoms with E-state index in [0.717, 1.165) is 5.56 Å². The summed E-state index contributed by atoms with van der Waals surface area (Å²) < 4.78 is 11.8. The van der Waals surface area contributed by atoms with Crippen molar-refractivity contribution >= 4 is 23.1 Å². The van der Waals surface area contributed by atoms with Gasteiger partial charge < -0.3 is 14.4 Å². The third-order valence-corrected chi connectivity index (χ3v) is 5.90. The van der Waals surface area contributed by atoms with Gasteiger partial charge >= 0.3 is 0 Å². The van der Waals surface area contributed by atoms with Gasteiger partial charge in [-0.25, -0.2) is 0 Å². The molecule has 0 amide bonds. The van der Waals surface area contributed by atoms with Crippen LogP contribution in [-0.4, -0.2) is 29.7 Å². The molecule has 0 saturated heterocycles. The quantitative estimate of drug-likeness (QED) is 0.568. The second-order valence-corrected chi connectivity index (χ2v) is 7.53. The van der Waals surface area contributed by atoms with Gasteiger partial charge in [0.2, 0.25) is 5.72 Å². The van der Waals surface area contributed by atoms with Gasteiger partial charge in [0.1, 0.15) is 5.69 Å². The summed E-state index contributed by atoms with van der Waals surface area (Å²) in [5.41, 5.74) is -0.442. The van der Waals surface area contributed by atoms with Gasteiger partial charge in [-0.1, -0.05) is 12.1 Å². The number of hydrogen-bond acceptors (Lipinski definition) is 7. The summed E-state index contributed by atoms with van der Waals surface area (Å²) in [6.07, 6.45) is 3.36. The van der Waals surface area contributed by atoms with Crippen LogP contribution in [0.4, 0.5) is 17.1 Å². The van der Waals surface area contributed by atoms with Gasteiger partial charge in [-0.15, -0.1) is 0 Å². The molecule has 2 heterocycles. The van der Waals surface area contributed by atoms with E-state index in [2.05, 4.69) is 0 Å². The molecule has 2 aliphatic rings. The van der Waals surface area contributed by atoms with Crippen molar-refractivity contribution in [2.24, 2.45) is 0 Å². The van der Waals surface area contributed by atoms with Crippen molar-refractivity contribution in [2.45, 2.75) is 25.0 Å². The SMILES string of the molecule is COc1ccc([N+](=O)[O-])c2c1OC1(C=C2)N(C)c2c([N+](=O)[O-])cccc2C1(C)C. The molecule has 1 atom stereocenters. The molecule has 0 aliphatic carbocycles. The van der Waals surface area contributed by atoms with Crippen LogP contribution < -0.4 is 14.4 Å². The average molecular weight is 397 g/mol. The van der Waals surface area contributed by atoms with E-state index in [9.17, 15) is 20.2 Å². The molecule has 1 unspecified atom stereocenters. The van der Waals surface area contributed by atoms with E-state index in [4.69, 9.17) is 9.47 Å². The number of benzene rings is 2. The number of methoxy groups -OCH3 is 1. The predicted octanol–water partition coefficient (Wildman–Crippen LogP) is 4.04. The van der Waals surface area contributed by atoms with Crippen LogP contribution in [0.15, 0.2) is 36.4 Å². The summed E-state index contributed by atoms with van der Waals surface area (Å²) in [5.74, 6) is 0.587. The van der Waals surface area contributed by atoms with Crippen LogP contribution in [-0.2, 0) is 5.41 Å². The van der Waals surface area contributed by atoms with Gasteiger partial charge in [0.05, 0.1) is 27.9 Å². The third-order valence-electron chi connectivity index (χ3n) is 5.90. The average Bonchev–Trinajstić information content (AvgIpc) is 2.85. The highest BCUT2D eigenvalue weighted by atomic mass is 16.6. The fourth-order valence-corrected chi connectivity index (χ4v) is 4.37. The van der Waals surface area contributed by atoms with Gasteiger partial charge in [-0.05, 0) is 37.6 Å². The fourth-order valence-electron chi connectivity index (χ4n) is 4.37. The van der Waals surface area contributed by atoms with Crippen molar-refractivity contribution in [3.05, 3.63) is 67.8 Å². The summed E-state index contributed by atoms with van der Waals surface area (Å²) >= 11 is 0. The number of likely N-dealkylation sites (N-methyl/N-ethyl adjacent to an activating group) is 1. The van der Waals surface area contributed by atoms with E-state index in [0.29, 0.717) is 17.0 Å². The molecule has 9 nitrogen and oxygen atoms in total. The summed E-state index contributed by atoms with van der Waals surface area (Å²) in [7, 11) is 3.18. The Morgan fingerprint density at radius 1 is 1.07 bits per heavy atom. The van der Waals surface area contributed by atoms with E-state index in [1.165, 1.54) is 25.3 Å². The molecular formula is C20H19N3O6. The Labute approximate surface area is 166 Å². The zero-order chi connectivity index (χ0) is 21.1. The van der Waals surface area contributed by atoms with Crippen molar-refractivity contribution in [3.63, 3.8) is 0 Å². The Kier molecular flexibility index (Phi) is 3.83. The van der Waals surface area contributed by atoms with Crippen molar-refractivity contribution in [1.82, 2.24) is 0 Å². The second-order valence-electron chi connectivity index (χ2n) is 7.53. The summed E-state index contributed by atoms with van der Waals surface area (Å²) in [4.78, 5) is 23.9. The molecule has 1 spiro atoms. The lowest BCUT2D eigenvalue weighted by molar-refractivity contribution is -0.385. The van der Waals surface area contributed by atoms with Crippen LogP contribution in [0.2, 0.25) is 0 Å². The van der Waals surface area contributed by atoms with E-state index >= 15 is 0 Å².